The molecule has 0 atom stereocenters. The second-order valence-electron chi connectivity index (χ2n) is 9.26. The number of carbonyl (C=O) groups excluding carboxylic acids is 1. The summed E-state index contributed by atoms with van der Waals surface area (Å²) in [5.41, 5.74) is 6.38. The summed E-state index contributed by atoms with van der Waals surface area (Å²) in [5, 5.41) is 0. The van der Waals surface area contributed by atoms with Crippen molar-refractivity contribution in [1.29, 1.82) is 0 Å². The van der Waals surface area contributed by atoms with Gasteiger partial charge >= 0.3 is 28.6 Å². The van der Waals surface area contributed by atoms with Crippen molar-refractivity contribution in [3.05, 3.63) is 165 Å². The molecule has 1 heterocycles. The number of aryl methyl sites for hydroxylation is 1. The van der Waals surface area contributed by atoms with E-state index in [1.165, 1.54) is 29.0 Å². The molecule has 1 aromatic heterocycles. The summed E-state index contributed by atoms with van der Waals surface area (Å²) in [5.74, 6) is -0.157. The maximum absolute atomic E-state index is 10.8. The molecule has 43 heavy (non-hydrogen) atoms. The van der Waals surface area contributed by atoms with Gasteiger partial charge in [0.25, 0.3) is 0 Å². The number of carbonyl (C=O) groups is 1. The smallest absolute Gasteiger partial charge is 0.108 e. The van der Waals surface area contributed by atoms with E-state index in [-0.39, 0.29) is 25.4 Å². The van der Waals surface area contributed by atoms with Crippen LogP contribution in [-0.2, 0) is 44.7 Å². The van der Waals surface area contributed by atoms with Gasteiger partial charge in [0.05, 0.1) is 7.11 Å². The van der Waals surface area contributed by atoms with Crippen LogP contribution in [0, 0.1) is 13.3 Å². The molecule has 0 aliphatic rings. The van der Waals surface area contributed by atoms with Gasteiger partial charge in [-0.05, 0) is 25.0 Å². The van der Waals surface area contributed by atoms with E-state index < -0.39 is 6.15 Å². The van der Waals surface area contributed by atoms with Gasteiger partial charge in [-0.3, -0.25) is 9.78 Å². The first kappa shape index (κ1) is 36.7. The molecule has 4 aromatic carbocycles. The van der Waals surface area contributed by atoms with E-state index in [4.69, 9.17) is 9.30 Å². The van der Waals surface area contributed by atoms with Gasteiger partial charge < -0.3 is 4.74 Å². The molecule has 0 aliphatic carbocycles. The fraction of sp³-hybridized carbons (Fsp3) is 0.111. The third kappa shape index (κ3) is 10.5. The average Bonchev–Trinajstić information content (AvgIpc) is 3.10. The zero-order valence-electron chi connectivity index (χ0n) is 24.0. The van der Waals surface area contributed by atoms with Crippen molar-refractivity contribution in [2.75, 3.05) is 7.11 Å². The number of hydrogen-bond acceptors (Lipinski definition) is 3. The van der Waals surface area contributed by atoms with Gasteiger partial charge in [0.15, 0.2) is 0 Å². The Balaban J connectivity index is 0.000000438. The SMILES string of the molecule is COC(=O)CCCc1ccccn1.[C-]#[O+].[C-]#[O+].[Rh].c1ccc([B-](c2ccccc2)(c2ccccc2)c2ccccc2)cc1. The normalized spacial score (nSPS) is 9.51. The van der Waals surface area contributed by atoms with Crippen LogP contribution in [0.3, 0.4) is 0 Å². The molecule has 5 aromatic rings. The van der Waals surface area contributed by atoms with Crippen LogP contribution < -0.4 is 21.9 Å². The minimum atomic E-state index is -1.22. The molecule has 0 aliphatic heterocycles. The van der Waals surface area contributed by atoms with Gasteiger partial charge in [-0.15, -0.1) is 0 Å². The van der Waals surface area contributed by atoms with Crippen LogP contribution in [0.5, 0.6) is 0 Å². The van der Waals surface area contributed by atoms with Crippen molar-refractivity contribution in [1.82, 2.24) is 4.98 Å². The number of benzene rings is 4. The summed E-state index contributed by atoms with van der Waals surface area (Å²) in [6.07, 6.45) is 2.63. The van der Waals surface area contributed by atoms with E-state index in [2.05, 4.69) is 144 Å². The molecule has 0 saturated heterocycles. The number of pyridine rings is 1. The van der Waals surface area contributed by atoms with E-state index in [9.17, 15) is 4.79 Å². The fourth-order valence-corrected chi connectivity index (χ4v) is 5.18. The summed E-state index contributed by atoms with van der Waals surface area (Å²) < 4.78 is 19.5. The molecular formula is C36H33BNO4Rh-. The van der Waals surface area contributed by atoms with Crippen LogP contribution in [0.15, 0.2) is 146 Å². The molecule has 0 N–H and O–H groups in total. The van der Waals surface area contributed by atoms with Crippen LogP contribution in [0.2, 0.25) is 0 Å². The molecular weight excluding hydrogens is 624 g/mol. The largest absolute Gasteiger partial charge is 0.195 e. The van der Waals surface area contributed by atoms with Crippen LogP contribution in [0.4, 0.5) is 0 Å². The molecule has 1 radical (unpaired) electrons. The number of esters is 1. The molecule has 0 bridgehead atoms. The van der Waals surface area contributed by atoms with Gasteiger partial charge in [-0.2, -0.15) is 21.9 Å². The van der Waals surface area contributed by atoms with Crippen LogP contribution in [0.25, 0.3) is 0 Å². The minimum Gasteiger partial charge on any atom is -0.195 e. The van der Waals surface area contributed by atoms with Gasteiger partial charge in [-0.1, -0.05) is 127 Å². The van der Waals surface area contributed by atoms with Crippen molar-refractivity contribution in [3.8, 4) is 0 Å². The Hall–Kier alpha value is -4.33. The van der Waals surface area contributed by atoms with Crippen molar-refractivity contribution < 1.29 is 38.3 Å². The monoisotopic (exact) mass is 657 g/mol. The number of hydrogen-bond donors (Lipinski definition) is 0. The van der Waals surface area contributed by atoms with Gasteiger partial charge in [0.2, 0.25) is 0 Å². The second kappa shape index (κ2) is 21.4. The summed E-state index contributed by atoms with van der Waals surface area (Å²) in [6.45, 7) is 9.00. The Morgan fingerprint density at radius 3 is 1.28 bits per heavy atom. The van der Waals surface area contributed by atoms with E-state index in [1.54, 1.807) is 6.20 Å². The first-order valence-corrected chi connectivity index (χ1v) is 13.5. The van der Waals surface area contributed by atoms with E-state index in [1.807, 2.05) is 18.2 Å². The summed E-state index contributed by atoms with van der Waals surface area (Å²) in [4.78, 5) is 14.9. The number of methoxy groups -OCH3 is 1. The zero-order chi connectivity index (χ0) is 30.5. The Kier molecular flexibility index (Phi) is 18.2. The molecule has 0 amide bonds. The van der Waals surface area contributed by atoms with Crippen molar-refractivity contribution in [2.45, 2.75) is 19.3 Å². The predicted octanol–water partition coefficient (Wildman–Crippen LogP) is 4.56. The zero-order valence-corrected chi connectivity index (χ0v) is 25.6. The first-order chi connectivity index (χ1) is 20.7. The molecule has 5 nitrogen and oxygen atoms in total. The second-order valence-corrected chi connectivity index (χ2v) is 9.26. The molecule has 0 fully saturated rings. The fourth-order valence-electron chi connectivity index (χ4n) is 5.18. The molecule has 0 unspecified atom stereocenters. The minimum absolute atomic E-state index is 0. The Morgan fingerprint density at radius 1 is 0.628 bits per heavy atom. The maximum atomic E-state index is 10.8. The summed E-state index contributed by atoms with van der Waals surface area (Å²) >= 11 is 0. The Morgan fingerprint density at radius 2 is 0.977 bits per heavy atom. The van der Waals surface area contributed by atoms with E-state index in [0.717, 1.165) is 18.5 Å². The Labute approximate surface area is 267 Å². The molecule has 219 valence electrons. The predicted molar refractivity (Wildman–Crippen MR) is 167 cm³/mol. The van der Waals surface area contributed by atoms with Gasteiger partial charge in [0, 0.05) is 37.8 Å². The number of nitrogens with zero attached hydrogens (tertiary/aromatic N) is 1. The van der Waals surface area contributed by atoms with Gasteiger partial charge in [0.1, 0.15) is 6.15 Å². The first-order valence-electron chi connectivity index (χ1n) is 13.5. The van der Waals surface area contributed by atoms with Crippen molar-refractivity contribution in [2.24, 2.45) is 0 Å². The summed E-state index contributed by atoms with van der Waals surface area (Å²) in [6, 6.07) is 49.3. The maximum Gasteiger partial charge on any atom is 0.108 e. The van der Waals surface area contributed by atoms with Crippen LogP contribution in [-0.4, -0.2) is 24.2 Å². The number of aromatic nitrogens is 1. The van der Waals surface area contributed by atoms with Crippen molar-refractivity contribution >= 4 is 34.0 Å². The Bertz CT molecular complexity index is 1300. The van der Waals surface area contributed by atoms with Crippen LogP contribution in [0.1, 0.15) is 18.5 Å². The summed E-state index contributed by atoms with van der Waals surface area (Å²) in [7, 11) is 1.41. The van der Waals surface area contributed by atoms with E-state index in [0.29, 0.717) is 6.42 Å². The topological polar surface area (TPSA) is 79.0 Å². The average molecular weight is 657 g/mol. The van der Waals surface area contributed by atoms with E-state index >= 15 is 0 Å². The molecule has 7 heteroatoms. The quantitative estimate of drug-likeness (QED) is 0.106. The molecule has 5 rings (SSSR count). The standard InChI is InChI=1S/C24H20B.C10H13NO2.2CO.Rh/c1-5-13-21(14-6-1)25(22-15-7-2-8-16-22,23-17-9-3-10-18-23)24-19-11-4-12-20-24;1-13-10(12)7-4-6-9-5-2-3-8-11-9;2*1-2;/h1-20H;2-3,5,8H,4,6-7H2,1H3;;;/q-1;;;;. The third-order valence-electron chi connectivity index (χ3n) is 6.97. The van der Waals surface area contributed by atoms with Crippen LogP contribution >= 0.6 is 0 Å². The van der Waals surface area contributed by atoms with Gasteiger partial charge in [-0.25, -0.2) is 0 Å². The molecule has 0 spiro atoms. The molecule has 0 saturated carbocycles. The third-order valence-corrected chi connectivity index (χ3v) is 6.97. The number of rotatable bonds is 8. The number of ether oxygens (including phenoxy) is 1. The van der Waals surface area contributed by atoms with Crippen molar-refractivity contribution in [3.63, 3.8) is 0 Å².